The van der Waals surface area contributed by atoms with E-state index in [4.69, 9.17) is 5.73 Å². The predicted molar refractivity (Wildman–Crippen MR) is 81.7 cm³/mol. The fourth-order valence-corrected chi connectivity index (χ4v) is 2.76. The fourth-order valence-electron chi connectivity index (χ4n) is 1.88. The van der Waals surface area contributed by atoms with Crippen molar-refractivity contribution < 1.29 is 9.31 Å². The Morgan fingerprint density at radius 2 is 1.95 bits per heavy atom. The van der Waals surface area contributed by atoms with Gasteiger partial charge < -0.3 is 5.73 Å². The lowest BCUT2D eigenvalue weighted by atomic mass is 10.1. The zero-order chi connectivity index (χ0) is 15.4. The average molecular weight is 306 g/mol. The highest BCUT2D eigenvalue weighted by Gasteiger charge is 2.14. The normalized spacial score (nSPS) is 12.1. The van der Waals surface area contributed by atoms with Crippen LogP contribution in [-0.4, -0.2) is 4.92 Å². The molecule has 0 aromatic heterocycles. The van der Waals surface area contributed by atoms with Crippen LogP contribution in [0.3, 0.4) is 0 Å². The third-order valence-electron chi connectivity index (χ3n) is 3.04. The molecule has 0 amide bonds. The van der Waals surface area contributed by atoms with Gasteiger partial charge in [0.25, 0.3) is 5.69 Å². The minimum absolute atomic E-state index is 0.0339. The third-order valence-corrected chi connectivity index (χ3v) is 4.10. The van der Waals surface area contributed by atoms with Crippen LogP contribution < -0.4 is 5.73 Å². The van der Waals surface area contributed by atoms with Crippen molar-refractivity contribution in [1.82, 2.24) is 0 Å². The van der Waals surface area contributed by atoms with E-state index in [-0.39, 0.29) is 11.7 Å². The molecule has 4 nitrogen and oxygen atoms in total. The number of nitro benzene ring substituents is 1. The van der Waals surface area contributed by atoms with Gasteiger partial charge in [0, 0.05) is 28.3 Å². The zero-order valence-electron chi connectivity index (χ0n) is 11.5. The molecule has 0 fully saturated rings. The molecule has 0 saturated heterocycles. The van der Waals surface area contributed by atoms with Crippen LogP contribution in [0, 0.1) is 15.9 Å². The highest BCUT2D eigenvalue weighted by Crippen LogP contribution is 2.29. The molecule has 2 N–H and O–H groups in total. The van der Waals surface area contributed by atoms with Crippen molar-refractivity contribution in [3.63, 3.8) is 0 Å². The van der Waals surface area contributed by atoms with E-state index in [2.05, 4.69) is 0 Å². The molecule has 0 aliphatic heterocycles. The second kappa shape index (κ2) is 6.69. The van der Waals surface area contributed by atoms with Crippen LogP contribution in [0.5, 0.6) is 0 Å². The third kappa shape index (κ3) is 4.03. The van der Waals surface area contributed by atoms with E-state index in [1.54, 1.807) is 0 Å². The first-order valence-corrected chi connectivity index (χ1v) is 7.37. The topological polar surface area (TPSA) is 69.2 Å². The Hall–Kier alpha value is -1.92. The maximum Gasteiger partial charge on any atom is 0.273 e. The van der Waals surface area contributed by atoms with Crippen molar-refractivity contribution in [1.29, 1.82) is 0 Å². The van der Waals surface area contributed by atoms with Gasteiger partial charge in [-0.2, -0.15) is 0 Å². The molecule has 0 spiro atoms. The highest BCUT2D eigenvalue weighted by atomic mass is 32.2. The number of hydrogen-bond donors (Lipinski definition) is 1. The van der Waals surface area contributed by atoms with E-state index >= 15 is 0 Å². The molecule has 1 unspecified atom stereocenters. The van der Waals surface area contributed by atoms with E-state index < -0.39 is 10.7 Å². The number of nitrogens with two attached hydrogens (primary N) is 1. The van der Waals surface area contributed by atoms with Crippen molar-refractivity contribution in [2.75, 3.05) is 0 Å². The van der Waals surface area contributed by atoms with E-state index in [1.807, 2.05) is 31.2 Å². The van der Waals surface area contributed by atoms with Gasteiger partial charge in [0.2, 0.25) is 0 Å². The maximum absolute atomic E-state index is 13.2. The van der Waals surface area contributed by atoms with Gasteiger partial charge in [0.15, 0.2) is 0 Å². The monoisotopic (exact) mass is 306 g/mol. The smallest absolute Gasteiger partial charge is 0.273 e. The summed E-state index contributed by atoms with van der Waals surface area (Å²) in [5.41, 5.74) is 7.12. The minimum atomic E-state index is -0.492. The number of hydrogen-bond acceptors (Lipinski definition) is 4. The Morgan fingerprint density at radius 1 is 1.29 bits per heavy atom. The van der Waals surface area contributed by atoms with Crippen LogP contribution >= 0.6 is 11.8 Å². The summed E-state index contributed by atoms with van der Waals surface area (Å²) in [4.78, 5) is 11.4. The lowest BCUT2D eigenvalue weighted by Gasteiger charge is -2.07. The van der Waals surface area contributed by atoms with Crippen molar-refractivity contribution >= 4 is 17.4 Å². The van der Waals surface area contributed by atoms with Gasteiger partial charge in [-0.15, -0.1) is 11.8 Å². The van der Waals surface area contributed by atoms with Gasteiger partial charge in [-0.1, -0.05) is 12.1 Å². The molecular weight excluding hydrogens is 291 g/mol. The molecule has 6 heteroatoms. The average Bonchev–Trinajstić information content (AvgIpc) is 2.45. The summed E-state index contributed by atoms with van der Waals surface area (Å²) in [5.74, 6) is -0.130. The number of thioether (sulfide) groups is 1. The van der Waals surface area contributed by atoms with Gasteiger partial charge in [0.05, 0.1) is 4.92 Å². The van der Waals surface area contributed by atoms with Crippen LogP contribution in [0.1, 0.15) is 24.1 Å². The first-order chi connectivity index (χ1) is 9.97. The molecule has 0 aliphatic carbocycles. The summed E-state index contributed by atoms with van der Waals surface area (Å²) in [6.45, 7) is 1.90. The molecule has 0 radical (unpaired) electrons. The van der Waals surface area contributed by atoms with Crippen LogP contribution in [0.25, 0.3) is 0 Å². The molecule has 0 bridgehead atoms. The Kier molecular flexibility index (Phi) is 4.93. The second-order valence-corrected chi connectivity index (χ2v) is 5.73. The van der Waals surface area contributed by atoms with Gasteiger partial charge in [-0.05, 0) is 36.8 Å². The first kappa shape index (κ1) is 15.5. The van der Waals surface area contributed by atoms with Gasteiger partial charge in [0.1, 0.15) is 5.82 Å². The molecule has 2 aromatic rings. The summed E-state index contributed by atoms with van der Waals surface area (Å²) in [6.07, 6.45) is 0. The summed E-state index contributed by atoms with van der Waals surface area (Å²) in [7, 11) is 0. The molecule has 21 heavy (non-hydrogen) atoms. The quantitative estimate of drug-likeness (QED) is 0.514. The Balaban J connectivity index is 2.12. The molecule has 0 saturated carbocycles. The zero-order valence-corrected chi connectivity index (χ0v) is 12.3. The highest BCUT2D eigenvalue weighted by molar-refractivity contribution is 7.98. The number of nitro groups is 1. The molecule has 110 valence electrons. The number of halogens is 1. The van der Waals surface area contributed by atoms with Crippen LogP contribution in [0.2, 0.25) is 0 Å². The maximum atomic E-state index is 13.2. The van der Waals surface area contributed by atoms with Crippen molar-refractivity contribution in [3.8, 4) is 0 Å². The van der Waals surface area contributed by atoms with Gasteiger partial charge in [-0.25, -0.2) is 4.39 Å². The molecule has 0 heterocycles. The lowest BCUT2D eigenvalue weighted by molar-refractivity contribution is -0.385. The van der Waals surface area contributed by atoms with Crippen molar-refractivity contribution in [3.05, 3.63) is 69.5 Å². The van der Waals surface area contributed by atoms with Crippen molar-refractivity contribution in [2.45, 2.75) is 23.6 Å². The summed E-state index contributed by atoms with van der Waals surface area (Å²) >= 11 is 1.42. The van der Waals surface area contributed by atoms with E-state index in [1.165, 1.54) is 23.9 Å². The van der Waals surface area contributed by atoms with Crippen LogP contribution in [0.4, 0.5) is 10.1 Å². The fraction of sp³-hybridized carbons (Fsp3) is 0.200. The van der Waals surface area contributed by atoms with Crippen LogP contribution in [0.15, 0.2) is 47.4 Å². The summed E-state index contributed by atoms with van der Waals surface area (Å²) in [6, 6.07) is 11.1. The van der Waals surface area contributed by atoms with E-state index in [0.717, 1.165) is 16.5 Å². The minimum Gasteiger partial charge on any atom is -0.324 e. The standard InChI is InChI=1S/C15H15FN2O2S/c1-10(17)11-2-5-14(6-3-11)21-9-12-8-13(16)4-7-15(12)18(19)20/h2-8,10H,9,17H2,1H3. The Bertz CT molecular complexity index is 645. The predicted octanol–water partition coefficient (Wildman–Crippen LogP) is 4.05. The van der Waals surface area contributed by atoms with Crippen LogP contribution in [-0.2, 0) is 5.75 Å². The number of benzene rings is 2. The van der Waals surface area contributed by atoms with Crippen molar-refractivity contribution in [2.24, 2.45) is 5.73 Å². The Morgan fingerprint density at radius 3 is 2.52 bits per heavy atom. The molecule has 0 aliphatic rings. The van der Waals surface area contributed by atoms with Gasteiger partial charge in [-0.3, -0.25) is 10.1 Å². The lowest BCUT2D eigenvalue weighted by Crippen LogP contribution is -2.04. The van der Waals surface area contributed by atoms with Gasteiger partial charge >= 0.3 is 0 Å². The van der Waals surface area contributed by atoms with E-state index in [9.17, 15) is 14.5 Å². The number of nitrogens with zero attached hydrogens (tertiary/aromatic N) is 1. The van der Waals surface area contributed by atoms with E-state index in [0.29, 0.717) is 11.3 Å². The number of rotatable bonds is 5. The molecular formula is C15H15FN2O2S. The molecule has 2 rings (SSSR count). The molecule has 2 aromatic carbocycles. The SMILES string of the molecule is CC(N)c1ccc(SCc2cc(F)ccc2[N+](=O)[O-])cc1. The second-order valence-electron chi connectivity index (χ2n) is 4.68. The Labute approximate surface area is 126 Å². The largest absolute Gasteiger partial charge is 0.324 e. The summed E-state index contributed by atoms with van der Waals surface area (Å²) < 4.78 is 13.2. The summed E-state index contributed by atoms with van der Waals surface area (Å²) in [5, 5.41) is 10.9. The first-order valence-electron chi connectivity index (χ1n) is 6.38. The molecule has 1 atom stereocenters.